The maximum absolute atomic E-state index is 10.2. The van der Waals surface area contributed by atoms with Gasteiger partial charge in [-0.05, 0) is 45.3 Å². The third-order valence-electron chi connectivity index (χ3n) is 5.76. The second-order valence-electron chi connectivity index (χ2n) is 9.05. The molecule has 0 aliphatic carbocycles. The molecular formula is C27H58N2O2. The van der Waals surface area contributed by atoms with E-state index in [0.29, 0.717) is 6.42 Å². The average molecular weight is 443 g/mol. The number of nitrogens with one attached hydrogen (secondary N) is 1. The van der Waals surface area contributed by atoms with Crippen molar-refractivity contribution in [1.29, 1.82) is 0 Å². The van der Waals surface area contributed by atoms with Gasteiger partial charge in [0.2, 0.25) is 0 Å². The Morgan fingerprint density at radius 3 is 1.32 bits per heavy atom. The molecule has 188 valence electrons. The molecule has 0 fully saturated rings. The van der Waals surface area contributed by atoms with Crippen molar-refractivity contribution in [3.8, 4) is 0 Å². The highest BCUT2D eigenvalue weighted by Gasteiger charge is 1.96. The van der Waals surface area contributed by atoms with Crippen molar-refractivity contribution >= 4 is 5.97 Å². The maximum atomic E-state index is 10.2. The highest BCUT2D eigenvalue weighted by Crippen LogP contribution is 2.09. The van der Waals surface area contributed by atoms with Gasteiger partial charge >= 0.3 is 5.97 Å². The number of carbonyl (C=O) groups is 1. The second kappa shape index (κ2) is 31.6. The van der Waals surface area contributed by atoms with Crippen molar-refractivity contribution in [1.82, 2.24) is 5.32 Å². The first kappa shape index (κ1) is 32.6. The van der Waals surface area contributed by atoms with Crippen LogP contribution in [0.25, 0.3) is 0 Å². The van der Waals surface area contributed by atoms with Gasteiger partial charge in [-0.15, -0.1) is 0 Å². The van der Waals surface area contributed by atoms with Crippen molar-refractivity contribution in [2.24, 2.45) is 5.73 Å². The van der Waals surface area contributed by atoms with E-state index in [-0.39, 0.29) is 0 Å². The summed E-state index contributed by atoms with van der Waals surface area (Å²) in [6, 6.07) is 0. The minimum Gasteiger partial charge on any atom is -0.481 e. The fourth-order valence-electron chi connectivity index (χ4n) is 3.67. The molecule has 4 N–H and O–H groups in total. The Hall–Kier alpha value is -0.610. The van der Waals surface area contributed by atoms with E-state index in [2.05, 4.69) is 19.2 Å². The van der Waals surface area contributed by atoms with Crippen molar-refractivity contribution in [3.05, 3.63) is 0 Å². The molecule has 0 rings (SSSR count). The topological polar surface area (TPSA) is 75.3 Å². The maximum Gasteiger partial charge on any atom is 0.303 e. The van der Waals surface area contributed by atoms with Gasteiger partial charge in [-0.1, -0.05) is 117 Å². The Bertz CT molecular complexity index is 310. The van der Waals surface area contributed by atoms with E-state index in [1.165, 1.54) is 122 Å². The lowest BCUT2D eigenvalue weighted by molar-refractivity contribution is -0.137. The Balaban J connectivity index is 0. The molecule has 4 nitrogen and oxygen atoms in total. The molecule has 0 aliphatic rings. The van der Waals surface area contributed by atoms with Gasteiger partial charge in [-0.2, -0.15) is 0 Å². The van der Waals surface area contributed by atoms with Crippen LogP contribution in [0, 0.1) is 0 Å². The van der Waals surface area contributed by atoms with Crippen molar-refractivity contribution < 1.29 is 9.90 Å². The van der Waals surface area contributed by atoms with Gasteiger partial charge in [0.05, 0.1) is 0 Å². The molecule has 0 saturated heterocycles. The summed E-state index contributed by atoms with van der Waals surface area (Å²) in [4.78, 5) is 10.2. The van der Waals surface area contributed by atoms with Crippen LogP contribution in [0.5, 0.6) is 0 Å². The lowest BCUT2D eigenvalue weighted by Crippen LogP contribution is -2.16. The first-order valence-electron chi connectivity index (χ1n) is 13.8. The second-order valence-corrected chi connectivity index (χ2v) is 9.05. The van der Waals surface area contributed by atoms with Crippen LogP contribution >= 0.6 is 0 Å². The highest BCUT2D eigenvalue weighted by molar-refractivity contribution is 5.66. The smallest absolute Gasteiger partial charge is 0.303 e. The minimum atomic E-state index is -0.673. The summed E-state index contributed by atoms with van der Waals surface area (Å²) < 4.78 is 0. The number of rotatable bonds is 24. The predicted molar refractivity (Wildman–Crippen MR) is 138 cm³/mol. The number of aliphatic carboxylic acids is 1. The summed E-state index contributed by atoms with van der Waals surface area (Å²) in [5.74, 6) is -0.673. The molecule has 0 aromatic rings. The largest absolute Gasteiger partial charge is 0.481 e. The van der Waals surface area contributed by atoms with Crippen molar-refractivity contribution in [2.45, 2.75) is 149 Å². The third-order valence-corrected chi connectivity index (χ3v) is 5.76. The molecular weight excluding hydrogens is 384 g/mol. The summed E-state index contributed by atoms with van der Waals surface area (Å²) in [7, 11) is 0. The van der Waals surface area contributed by atoms with E-state index in [0.717, 1.165) is 25.8 Å². The van der Waals surface area contributed by atoms with Gasteiger partial charge in [0, 0.05) is 6.42 Å². The van der Waals surface area contributed by atoms with Gasteiger partial charge in [0.15, 0.2) is 0 Å². The Morgan fingerprint density at radius 1 is 0.581 bits per heavy atom. The summed E-state index contributed by atoms with van der Waals surface area (Å²) in [5.41, 5.74) is 5.38. The molecule has 31 heavy (non-hydrogen) atoms. The van der Waals surface area contributed by atoms with E-state index in [1.807, 2.05) is 0 Å². The normalized spacial score (nSPS) is 10.7. The van der Waals surface area contributed by atoms with E-state index in [9.17, 15) is 4.79 Å². The zero-order chi connectivity index (χ0) is 23.3. The Kier molecular flexibility index (Phi) is 33.2. The van der Waals surface area contributed by atoms with Gasteiger partial charge in [-0.3, -0.25) is 4.79 Å². The average Bonchev–Trinajstić information content (AvgIpc) is 2.76. The van der Waals surface area contributed by atoms with Crippen LogP contribution in [-0.4, -0.2) is 30.7 Å². The molecule has 0 bridgehead atoms. The van der Waals surface area contributed by atoms with Crippen LogP contribution < -0.4 is 11.1 Å². The fraction of sp³-hybridized carbons (Fsp3) is 0.963. The molecule has 0 unspecified atom stereocenters. The monoisotopic (exact) mass is 442 g/mol. The highest BCUT2D eigenvalue weighted by atomic mass is 16.4. The number of hydrogen-bond acceptors (Lipinski definition) is 3. The SMILES string of the molecule is CCCCCCCCNCCCCCCCC.NCCCCCCCCCCC(=O)O. The quantitative estimate of drug-likeness (QED) is 0.133. The standard InChI is InChI=1S/C16H35N.C11H23NO2/c1-3-5-7-9-11-13-15-17-16-14-12-10-8-6-4-2;12-10-8-6-4-2-1-3-5-7-9-11(13)14/h17H,3-16H2,1-2H3;1-10,12H2,(H,13,14). The van der Waals surface area contributed by atoms with Crippen LogP contribution in [0.15, 0.2) is 0 Å². The Labute approximate surface area is 195 Å². The Morgan fingerprint density at radius 2 is 0.935 bits per heavy atom. The number of hydrogen-bond donors (Lipinski definition) is 3. The zero-order valence-electron chi connectivity index (χ0n) is 21.4. The van der Waals surface area contributed by atoms with Gasteiger partial charge in [0.25, 0.3) is 0 Å². The molecule has 0 atom stereocenters. The minimum absolute atomic E-state index is 0.327. The number of carboxylic acids is 1. The van der Waals surface area contributed by atoms with Crippen molar-refractivity contribution in [3.63, 3.8) is 0 Å². The van der Waals surface area contributed by atoms with E-state index in [1.54, 1.807) is 0 Å². The first-order valence-corrected chi connectivity index (χ1v) is 13.8. The first-order chi connectivity index (χ1) is 15.2. The van der Waals surface area contributed by atoms with E-state index in [4.69, 9.17) is 10.8 Å². The number of carboxylic acid groups (broad SMARTS) is 1. The molecule has 0 amide bonds. The van der Waals surface area contributed by atoms with Crippen molar-refractivity contribution in [2.75, 3.05) is 19.6 Å². The number of nitrogens with two attached hydrogens (primary N) is 1. The van der Waals surface area contributed by atoms with Gasteiger partial charge in [-0.25, -0.2) is 0 Å². The summed E-state index contributed by atoms with van der Waals surface area (Å²) in [6.07, 6.45) is 26.5. The summed E-state index contributed by atoms with van der Waals surface area (Å²) in [6.45, 7) is 7.84. The third kappa shape index (κ3) is 37.1. The van der Waals surface area contributed by atoms with Crippen LogP contribution in [0.4, 0.5) is 0 Å². The predicted octanol–water partition coefficient (Wildman–Crippen LogP) is 7.84. The van der Waals surface area contributed by atoms with Crippen LogP contribution in [0.3, 0.4) is 0 Å². The fourth-order valence-corrected chi connectivity index (χ4v) is 3.67. The summed E-state index contributed by atoms with van der Waals surface area (Å²) in [5, 5.41) is 12.0. The zero-order valence-corrected chi connectivity index (χ0v) is 21.4. The van der Waals surface area contributed by atoms with Gasteiger partial charge < -0.3 is 16.2 Å². The van der Waals surface area contributed by atoms with Crippen LogP contribution in [0.2, 0.25) is 0 Å². The molecule has 0 spiro atoms. The molecule has 0 aromatic heterocycles. The van der Waals surface area contributed by atoms with E-state index < -0.39 is 5.97 Å². The molecule has 0 aliphatic heterocycles. The molecule has 0 aromatic carbocycles. The van der Waals surface area contributed by atoms with Crippen LogP contribution in [-0.2, 0) is 4.79 Å². The lowest BCUT2D eigenvalue weighted by atomic mass is 10.1. The molecule has 0 saturated carbocycles. The lowest BCUT2D eigenvalue weighted by Gasteiger charge is -2.04. The molecule has 0 heterocycles. The van der Waals surface area contributed by atoms with E-state index >= 15 is 0 Å². The molecule has 0 radical (unpaired) electrons. The molecule has 4 heteroatoms. The van der Waals surface area contributed by atoms with Gasteiger partial charge in [0.1, 0.15) is 0 Å². The van der Waals surface area contributed by atoms with Crippen LogP contribution in [0.1, 0.15) is 149 Å². The summed E-state index contributed by atoms with van der Waals surface area (Å²) >= 11 is 0. The number of unbranched alkanes of at least 4 members (excludes halogenated alkanes) is 17.